The molecule has 5 rings (SSSR count). The standard InChI is InChI=1S/C36H36Cl2N4O2/c1-24(43)40-35-10-6-5-9-31(35)26-13-16-42(17-14-26)18-15-29(27-11-12-33(37)34(38)21-27)23-41(2)36(44)32-20-25(22-39)19-28-7-3-4-8-30(28)32/h3-12,19-21,26,29H,13-18,23H2,1-2H3,(H,40,43)/t29-/m1/s1. The number of nitriles is 1. The topological polar surface area (TPSA) is 76.4 Å². The van der Waals surface area contributed by atoms with E-state index in [4.69, 9.17) is 23.2 Å². The fraction of sp³-hybridized carbons (Fsp3) is 0.306. The third-order valence-corrected chi connectivity index (χ3v) is 9.31. The summed E-state index contributed by atoms with van der Waals surface area (Å²) in [6, 6.07) is 27.1. The van der Waals surface area contributed by atoms with E-state index in [1.165, 1.54) is 5.56 Å². The Hall–Kier alpha value is -3.89. The Morgan fingerprint density at radius 1 is 1.00 bits per heavy atom. The maximum Gasteiger partial charge on any atom is 0.254 e. The number of anilines is 1. The maximum atomic E-state index is 13.8. The normalized spacial score (nSPS) is 14.6. The minimum Gasteiger partial charge on any atom is -0.341 e. The Morgan fingerprint density at radius 2 is 1.73 bits per heavy atom. The molecule has 0 aromatic heterocycles. The zero-order chi connectivity index (χ0) is 31.2. The molecule has 1 aliphatic heterocycles. The van der Waals surface area contributed by atoms with E-state index in [0.717, 1.165) is 60.9 Å². The fourth-order valence-corrected chi connectivity index (χ4v) is 6.57. The van der Waals surface area contributed by atoms with Crippen LogP contribution in [0.2, 0.25) is 10.0 Å². The van der Waals surface area contributed by atoms with Crippen molar-refractivity contribution in [2.24, 2.45) is 0 Å². The number of likely N-dealkylation sites (tertiary alicyclic amines) is 1. The van der Waals surface area contributed by atoms with Crippen molar-refractivity contribution in [3.63, 3.8) is 0 Å². The zero-order valence-electron chi connectivity index (χ0n) is 25.0. The molecule has 4 aromatic rings. The number of fused-ring (bicyclic) bond motifs is 1. The highest BCUT2D eigenvalue weighted by molar-refractivity contribution is 6.42. The van der Waals surface area contributed by atoms with Gasteiger partial charge in [0.15, 0.2) is 0 Å². The van der Waals surface area contributed by atoms with E-state index in [2.05, 4.69) is 22.4 Å². The van der Waals surface area contributed by atoms with Crippen molar-refractivity contribution in [2.45, 2.75) is 38.0 Å². The molecule has 1 aliphatic rings. The number of piperidine rings is 1. The number of rotatable bonds is 9. The summed E-state index contributed by atoms with van der Waals surface area (Å²) >= 11 is 12.7. The van der Waals surface area contributed by atoms with Crippen LogP contribution in [0, 0.1) is 11.3 Å². The number of nitrogens with zero attached hydrogens (tertiary/aromatic N) is 3. The Balaban J connectivity index is 1.30. The number of nitrogens with one attached hydrogen (secondary N) is 1. The molecule has 4 aromatic carbocycles. The summed E-state index contributed by atoms with van der Waals surface area (Å²) in [6.07, 6.45) is 2.85. The van der Waals surface area contributed by atoms with E-state index < -0.39 is 0 Å². The molecular weight excluding hydrogens is 591 g/mol. The number of benzene rings is 4. The molecule has 44 heavy (non-hydrogen) atoms. The SMILES string of the molecule is CC(=O)Nc1ccccc1C1CCN(CC[C@H](CN(C)C(=O)c2cc(C#N)cc3ccccc23)c2ccc(Cl)c(Cl)c2)CC1. The van der Waals surface area contributed by atoms with Gasteiger partial charge in [0.05, 0.1) is 21.7 Å². The molecule has 0 unspecified atom stereocenters. The van der Waals surface area contributed by atoms with Gasteiger partial charge in [-0.2, -0.15) is 5.26 Å². The summed E-state index contributed by atoms with van der Waals surface area (Å²) in [6.45, 7) is 4.81. The predicted octanol–water partition coefficient (Wildman–Crippen LogP) is 8.10. The monoisotopic (exact) mass is 626 g/mol. The lowest BCUT2D eigenvalue weighted by molar-refractivity contribution is -0.114. The third-order valence-electron chi connectivity index (χ3n) is 8.57. The summed E-state index contributed by atoms with van der Waals surface area (Å²) in [5, 5.41) is 15.3. The summed E-state index contributed by atoms with van der Waals surface area (Å²) in [5.74, 6) is 0.241. The number of halogens is 2. The molecule has 226 valence electrons. The van der Waals surface area contributed by atoms with Gasteiger partial charge in [-0.15, -0.1) is 0 Å². The molecule has 0 bridgehead atoms. The van der Waals surface area contributed by atoms with Gasteiger partial charge in [-0.25, -0.2) is 0 Å². The van der Waals surface area contributed by atoms with Crippen LogP contribution in [0.15, 0.2) is 78.9 Å². The van der Waals surface area contributed by atoms with Crippen molar-refractivity contribution in [3.8, 4) is 6.07 Å². The van der Waals surface area contributed by atoms with E-state index in [9.17, 15) is 14.9 Å². The first-order chi connectivity index (χ1) is 21.2. The number of para-hydroxylation sites is 1. The number of carbonyl (C=O) groups excluding carboxylic acids is 2. The molecular formula is C36H36Cl2N4O2. The molecule has 0 spiro atoms. The van der Waals surface area contributed by atoms with E-state index in [0.29, 0.717) is 33.6 Å². The first-order valence-corrected chi connectivity index (χ1v) is 15.7. The average Bonchev–Trinajstić information content (AvgIpc) is 3.03. The second kappa shape index (κ2) is 14.3. The average molecular weight is 628 g/mol. The van der Waals surface area contributed by atoms with E-state index >= 15 is 0 Å². The van der Waals surface area contributed by atoms with E-state index in [1.807, 2.05) is 73.8 Å². The second-order valence-electron chi connectivity index (χ2n) is 11.6. The maximum absolute atomic E-state index is 13.8. The summed E-state index contributed by atoms with van der Waals surface area (Å²) < 4.78 is 0. The number of likely N-dealkylation sites (N-methyl/N-ethyl adjacent to an activating group) is 1. The van der Waals surface area contributed by atoms with Gasteiger partial charge in [0.1, 0.15) is 0 Å². The highest BCUT2D eigenvalue weighted by atomic mass is 35.5. The van der Waals surface area contributed by atoms with Gasteiger partial charge in [-0.1, -0.05) is 71.7 Å². The number of hydrogen-bond donors (Lipinski definition) is 1. The van der Waals surface area contributed by atoms with Crippen molar-refractivity contribution in [1.29, 1.82) is 5.26 Å². The minimum atomic E-state index is -0.123. The van der Waals surface area contributed by atoms with Crippen LogP contribution in [0.3, 0.4) is 0 Å². The minimum absolute atomic E-state index is 0.0300. The van der Waals surface area contributed by atoms with Crippen LogP contribution in [0.1, 0.15) is 65.1 Å². The highest BCUT2D eigenvalue weighted by Crippen LogP contribution is 2.34. The van der Waals surface area contributed by atoms with Crippen LogP contribution >= 0.6 is 23.2 Å². The van der Waals surface area contributed by atoms with Gasteiger partial charge in [0, 0.05) is 37.7 Å². The molecule has 2 amide bonds. The first-order valence-electron chi connectivity index (χ1n) is 15.0. The molecule has 8 heteroatoms. The van der Waals surface area contributed by atoms with Crippen LogP contribution in [0.25, 0.3) is 10.8 Å². The molecule has 6 nitrogen and oxygen atoms in total. The Morgan fingerprint density at radius 3 is 2.45 bits per heavy atom. The summed E-state index contributed by atoms with van der Waals surface area (Å²) in [7, 11) is 1.82. The third kappa shape index (κ3) is 7.42. The predicted molar refractivity (Wildman–Crippen MR) is 179 cm³/mol. The van der Waals surface area contributed by atoms with Crippen molar-refractivity contribution in [3.05, 3.63) is 111 Å². The van der Waals surface area contributed by atoms with Crippen LogP contribution in [0.5, 0.6) is 0 Å². The van der Waals surface area contributed by atoms with E-state index in [1.54, 1.807) is 17.9 Å². The molecule has 0 saturated carbocycles. The van der Waals surface area contributed by atoms with Crippen LogP contribution in [0.4, 0.5) is 5.69 Å². The largest absolute Gasteiger partial charge is 0.341 e. The zero-order valence-corrected chi connectivity index (χ0v) is 26.5. The van der Waals surface area contributed by atoms with Crippen LogP contribution in [-0.2, 0) is 4.79 Å². The number of amides is 2. The number of carbonyl (C=O) groups is 2. The summed E-state index contributed by atoms with van der Waals surface area (Å²) in [5.41, 5.74) is 4.12. The lowest BCUT2D eigenvalue weighted by Crippen LogP contribution is -2.36. The van der Waals surface area contributed by atoms with Gasteiger partial charge in [-0.05, 0) is 97.0 Å². The molecule has 1 fully saturated rings. The quantitative estimate of drug-likeness (QED) is 0.204. The molecule has 1 atom stereocenters. The molecule has 0 radical (unpaired) electrons. The fourth-order valence-electron chi connectivity index (χ4n) is 6.26. The first kappa shape index (κ1) is 31.5. The van der Waals surface area contributed by atoms with Gasteiger partial charge in [0.25, 0.3) is 5.91 Å². The smallest absolute Gasteiger partial charge is 0.254 e. The second-order valence-corrected chi connectivity index (χ2v) is 12.4. The van der Waals surface area contributed by atoms with E-state index in [-0.39, 0.29) is 17.7 Å². The Labute approximate surface area is 269 Å². The molecule has 1 N–H and O–H groups in total. The lowest BCUT2D eigenvalue weighted by atomic mass is 9.87. The van der Waals surface area contributed by atoms with Gasteiger partial charge in [0.2, 0.25) is 5.91 Å². The van der Waals surface area contributed by atoms with Gasteiger partial charge < -0.3 is 15.1 Å². The Kier molecular flexibility index (Phi) is 10.2. The van der Waals surface area contributed by atoms with Crippen LogP contribution in [-0.4, -0.2) is 54.8 Å². The number of hydrogen-bond acceptors (Lipinski definition) is 4. The molecule has 1 heterocycles. The Bertz CT molecular complexity index is 1710. The van der Waals surface area contributed by atoms with Crippen LogP contribution < -0.4 is 5.32 Å². The van der Waals surface area contributed by atoms with Crippen molar-refractivity contribution >= 4 is 51.5 Å². The molecule has 1 saturated heterocycles. The highest BCUT2D eigenvalue weighted by Gasteiger charge is 2.25. The van der Waals surface area contributed by atoms with Gasteiger partial charge in [-0.3, -0.25) is 9.59 Å². The van der Waals surface area contributed by atoms with Crippen molar-refractivity contribution < 1.29 is 9.59 Å². The van der Waals surface area contributed by atoms with Gasteiger partial charge >= 0.3 is 0 Å². The van der Waals surface area contributed by atoms with Crippen molar-refractivity contribution in [2.75, 3.05) is 38.5 Å². The lowest BCUT2D eigenvalue weighted by Gasteiger charge is -2.34. The summed E-state index contributed by atoms with van der Waals surface area (Å²) in [4.78, 5) is 29.8. The molecule has 0 aliphatic carbocycles. The van der Waals surface area contributed by atoms with Crippen molar-refractivity contribution in [1.82, 2.24) is 9.80 Å².